The van der Waals surface area contributed by atoms with Gasteiger partial charge in [0.15, 0.2) is 0 Å². The number of nitrogens with one attached hydrogen (secondary N) is 3. The standard InChI is InChI=1S/C13H23N5O/c1-13(2,3)12-16-10(17-18-12)11(19)15-8-4-7-14-9-5-6-9/h9,14H,4-8H2,1-3H3,(H,15,19)(H,16,17,18). The molecule has 0 aliphatic heterocycles. The van der Waals surface area contributed by atoms with E-state index in [9.17, 15) is 4.79 Å². The van der Waals surface area contributed by atoms with Crippen LogP contribution in [0.3, 0.4) is 0 Å². The largest absolute Gasteiger partial charge is 0.349 e. The molecular weight excluding hydrogens is 242 g/mol. The van der Waals surface area contributed by atoms with E-state index >= 15 is 0 Å². The molecule has 1 heterocycles. The number of aromatic amines is 1. The number of carbonyl (C=O) groups excluding carboxylic acids is 1. The van der Waals surface area contributed by atoms with E-state index in [4.69, 9.17) is 0 Å². The highest BCUT2D eigenvalue weighted by Crippen LogP contribution is 2.18. The van der Waals surface area contributed by atoms with Gasteiger partial charge in [0.05, 0.1) is 0 Å². The second-order valence-electron chi connectivity index (χ2n) is 6.10. The fourth-order valence-electron chi connectivity index (χ4n) is 1.66. The van der Waals surface area contributed by atoms with E-state index in [1.807, 2.05) is 20.8 Å². The fraction of sp³-hybridized carbons (Fsp3) is 0.769. The van der Waals surface area contributed by atoms with Gasteiger partial charge < -0.3 is 10.6 Å². The SMILES string of the molecule is CC(C)(C)c1nc(C(=O)NCCCNC2CC2)n[nH]1. The summed E-state index contributed by atoms with van der Waals surface area (Å²) in [4.78, 5) is 16.0. The number of hydrogen-bond acceptors (Lipinski definition) is 4. The lowest BCUT2D eigenvalue weighted by Crippen LogP contribution is -2.28. The third-order valence-corrected chi connectivity index (χ3v) is 3.05. The Labute approximate surface area is 113 Å². The van der Waals surface area contributed by atoms with Crippen LogP contribution in [0.4, 0.5) is 0 Å². The Bertz CT molecular complexity index is 430. The van der Waals surface area contributed by atoms with E-state index in [-0.39, 0.29) is 17.1 Å². The van der Waals surface area contributed by atoms with Gasteiger partial charge in [0.1, 0.15) is 5.82 Å². The molecule has 1 fully saturated rings. The summed E-state index contributed by atoms with van der Waals surface area (Å²) in [5.41, 5.74) is -0.125. The molecule has 0 radical (unpaired) electrons. The summed E-state index contributed by atoms with van der Waals surface area (Å²) in [6.45, 7) is 7.68. The Balaban J connectivity index is 1.71. The number of hydrogen-bond donors (Lipinski definition) is 3. The zero-order valence-corrected chi connectivity index (χ0v) is 11.9. The molecule has 0 saturated heterocycles. The molecule has 0 atom stereocenters. The highest BCUT2D eigenvalue weighted by molar-refractivity contribution is 5.90. The van der Waals surface area contributed by atoms with E-state index in [2.05, 4.69) is 25.8 Å². The smallest absolute Gasteiger partial charge is 0.290 e. The average Bonchev–Trinajstić information content (AvgIpc) is 3.00. The number of H-pyrrole nitrogens is 1. The Kier molecular flexibility index (Phi) is 4.19. The first-order valence-electron chi connectivity index (χ1n) is 6.91. The molecule has 1 saturated carbocycles. The summed E-state index contributed by atoms with van der Waals surface area (Å²) in [5, 5.41) is 13.0. The summed E-state index contributed by atoms with van der Waals surface area (Å²) in [5.74, 6) is 0.742. The number of carbonyl (C=O) groups is 1. The van der Waals surface area contributed by atoms with Crippen molar-refractivity contribution in [2.75, 3.05) is 13.1 Å². The van der Waals surface area contributed by atoms with E-state index in [0.29, 0.717) is 6.54 Å². The van der Waals surface area contributed by atoms with Crippen molar-refractivity contribution in [3.05, 3.63) is 11.6 Å². The van der Waals surface area contributed by atoms with Crippen LogP contribution in [0, 0.1) is 0 Å². The molecule has 1 aliphatic carbocycles. The molecule has 0 aromatic carbocycles. The number of amides is 1. The molecule has 1 aliphatic rings. The van der Waals surface area contributed by atoms with Gasteiger partial charge >= 0.3 is 0 Å². The van der Waals surface area contributed by atoms with Crippen molar-refractivity contribution in [3.8, 4) is 0 Å². The molecule has 1 aromatic heterocycles. The molecule has 1 amide bonds. The molecule has 3 N–H and O–H groups in total. The van der Waals surface area contributed by atoms with Gasteiger partial charge in [0.25, 0.3) is 5.91 Å². The normalized spacial score (nSPS) is 15.5. The predicted molar refractivity (Wildman–Crippen MR) is 73.1 cm³/mol. The van der Waals surface area contributed by atoms with Crippen molar-refractivity contribution >= 4 is 5.91 Å². The minimum absolute atomic E-state index is 0.125. The third kappa shape index (κ3) is 4.31. The van der Waals surface area contributed by atoms with Crippen LogP contribution in [0.25, 0.3) is 0 Å². The molecule has 6 heteroatoms. The van der Waals surface area contributed by atoms with Crippen LogP contribution in [-0.4, -0.2) is 40.2 Å². The predicted octanol–water partition coefficient (Wildman–Crippen LogP) is 0.974. The molecule has 0 unspecified atom stereocenters. The molecule has 6 nitrogen and oxygen atoms in total. The summed E-state index contributed by atoms with van der Waals surface area (Å²) in [7, 11) is 0. The Morgan fingerprint density at radius 2 is 2.11 bits per heavy atom. The number of rotatable bonds is 6. The lowest BCUT2D eigenvalue weighted by molar-refractivity contribution is 0.0943. The highest BCUT2D eigenvalue weighted by Gasteiger charge is 2.21. The molecule has 1 aromatic rings. The number of aromatic nitrogens is 3. The van der Waals surface area contributed by atoms with Gasteiger partial charge in [0, 0.05) is 18.0 Å². The van der Waals surface area contributed by atoms with Crippen molar-refractivity contribution in [1.29, 1.82) is 0 Å². The van der Waals surface area contributed by atoms with Gasteiger partial charge in [-0.2, -0.15) is 0 Å². The van der Waals surface area contributed by atoms with Crippen LogP contribution in [0.15, 0.2) is 0 Å². The molecule has 0 bridgehead atoms. The lowest BCUT2D eigenvalue weighted by atomic mass is 9.96. The van der Waals surface area contributed by atoms with E-state index < -0.39 is 0 Å². The maximum atomic E-state index is 11.8. The van der Waals surface area contributed by atoms with Crippen LogP contribution >= 0.6 is 0 Å². The van der Waals surface area contributed by atoms with Gasteiger partial charge in [0.2, 0.25) is 5.82 Å². The minimum atomic E-state index is -0.210. The van der Waals surface area contributed by atoms with Crippen molar-refractivity contribution in [1.82, 2.24) is 25.8 Å². The van der Waals surface area contributed by atoms with Gasteiger partial charge in [-0.05, 0) is 25.8 Å². The second kappa shape index (κ2) is 5.69. The first kappa shape index (κ1) is 14.0. The third-order valence-electron chi connectivity index (χ3n) is 3.05. The average molecular weight is 265 g/mol. The maximum Gasteiger partial charge on any atom is 0.290 e. The van der Waals surface area contributed by atoms with E-state index in [1.165, 1.54) is 12.8 Å². The van der Waals surface area contributed by atoms with Crippen molar-refractivity contribution < 1.29 is 4.79 Å². The van der Waals surface area contributed by atoms with Gasteiger partial charge in [-0.3, -0.25) is 9.89 Å². The second-order valence-corrected chi connectivity index (χ2v) is 6.10. The molecular formula is C13H23N5O. The summed E-state index contributed by atoms with van der Waals surface area (Å²) in [6, 6.07) is 0.720. The monoisotopic (exact) mass is 265 g/mol. The molecule has 106 valence electrons. The maximum absolute atomic E-state index is 11.8. The van der Waals surface area contributed by atoms with Crippen LogP contribution in [0.2, 0.25) is 0 Å². The van der Waals surface area contributed by atoms with Gasteiger partial charge in [-0.15, -0.1) is 5.10 Å². The van der Waals surface area contributed by atoms with Gasteiger partial charge in [-0.1, -0.05) is 20.8 Å². The van der Waals surface area contributed by atoms with E-state index in [1.54, 1.807) is 0 Å². The molecule has 2 rings (SSSR count). The van der Waals surface area contributed by atoms with Crippen LogP contribution in [-0.2, 0) is 5.41 Å². The van der Waals surface area contributed by atoms with E-state index in [0.717, 1.165) is 24.8 Å². The topological polar surface area (TPSA) is 82.7 Å². The van der Waals surface area contributed by atoms with Crippen LogP contribution in [0.1, 0.15) is 56.5 Å². The van der Waals surface area contributed by atoms with Crippen LogP contribution in [0.5, 0.6) is 0 Å². The lowest BCUT2D eigenvalue weighted by Gasteiger charge is -2.12. The van der Waals surface area contributed by atoms with Gasteiger partial charge in [-0.25, -0.2) is 4.98 Å². The highest BCUT2D eigenvalue weighted by atomic mass is 16.2. The Morgan fingerprint density at radius 3 is 2.68 bits per heavy atom. The number of nitrogens with zero attached hydrogens (tertiary/aromatic N) is 2. The Morgan fingerprint density at radius 1 is 1.37 bits per heavy atom. The molecule has 19 heavy (non-hydrogen) atoms. The quantitative estimate of drug-likeness (QED) is 0.669. The van der Waals surface area contributed by atoms with Crippen molar-refractivity contribution in [3.63, 3.8) is 0 Å². The first-order valence-corrected chi connectivity index (χ1v) is 6.91. The summed E-state index contributed by atoms with van der Waals surface area (Å²) in [6.07, 6.45) is 3.51. The van der Waals surface area contributed by atoms with Crippen LogP contribution < -0.4 is 10.6 Å². The minimum Gasteiger partial charge on any atom is -0.349 e. The van der Waals surface area contributed by atoms with Crippen molar-refractivity contribution in [2.45, 2.75) is 51.5 Å². The Hall–Kier alpha value is -1.43. The first-order chi connectivity index (χ1) is 8.97. The molecule has 0 spiro atoms. The van der Waals surface area contributed by atoms with Crippen molar-refractivity contribution in [2.24, 2.45) is 0 Å². The fourth-order valence-corrected chi connectivity index (χ4v) is 1.66. The zero-order chi connectivity index (χ0) is 13.9. The summed E-state index contributed by atoms with van der Waals surface area (Å²) < 4.78 is 0. The summed E-state index contributed by atoms with van der Waals surface area (Å²) >= 11 is 0. The zero-order valence-electron chi connectivity index (χ0n) is 11.9.